The van der Waals surface area contributed by atoms with Gasteiger partial charge in [-0.2, -0.15) is 0 Å². The maximum Gasteiger partial charge on any atom is 0.248 e. The van der Waals surface area contributed by atoms with E-state index in [0.717, 1.165) is 41.0 Å². The van der Waals surface area contributed by atoms with Crippen molar-refractivity contribution in [1.29, 1.82) is 0 Å². The number of amides is 1. The van der Waals surface area contributed by atoms with Crippen molar-refractivity contribution in [3.8, 4) is 5.75 Å². The Morgan fingerprint density at radius 2 is 1.74 bits per heavy atom. The van der Waals surface area contributed by atoms with Gasteiger partial charge >= 0.3 is 0 Å². The topological polar surface area (TPSA) is 38.3 Å². The molecule has 2 aromatic carbocycles. The predicted octanol–water partition coefficient (Wildman–Crippen LogP) is 4.47. The lowest BCUT2D eigenvalue weighted by Gasteiger charge is -2.13. The highest BCUT2D eigenvalue weighted by Gasteiger charge is 2.08. The lowest BCUT2D eigenvalue weighted by Crippen LogP contribution is -2.11. The van der Waals surface area contributed by atoms with Crippen molar-refractivity contribution < 1.29 is 9.53 Å². The van der Waals surface area contributed by atoms with Crippen LogP contribution in [0, 0.1) is 0 Å². The van der Waals surface area contributed by atoms with E-state index in [1.165, 1.54) is 0 Å². The largest absolute Gasteiger partial charge is 0.497 e. The number of anilines is 1. The first kappa shape index (κ1) is 16.8. The first-order chi connectivity index (χ1) is 11.2. The fourth-order valence-corrected chi connectivity index (χ4v) is 2.49. The maximum absolute atomic E-state index is 12.2. The van der Waals surface area contributed by atoms with Crippen LogP contribution in [0.2, 0.25) is 0 Å². The van der Waals surface area contributed by atoms with E-state index in [2.05, 4.69) is 31.3 Å². The molecule has 1 N–H and O–H groups in total. The molecule has 1 amide bonds. The molecule has 23 heavy (non-hydrogen) atoms. The number of aryl methyl sites for hydroxylation is 2. The van der Waals surface area contributed by atoms with Crippen LogP contribution in [0.5, 0.6) is 5.75 Å². The van der Waals surface area contributed by atoms with Crippen molar-refractivity contribution in [2.75, 3.05) is 12.4 Å². The summed E-state index contributed by atoms with van der Waals surface area (Å²) < 4.78 is 5.18. The molecule has 0 spiro atoms. The molecule has 120 valence electrons. The van der Waals surface area contributed by atoms with Gasteiger partial charge in [0.2, 0.25) is 5.91 Å². The van der Waals surface area contributed by atoms with E-state index in [-0.39, 0.29) is 5.91 Å². The fourth-order valence-electron chi connectivity index (χ4n) is 2.49. The Kier molecular flexibility index (Phi) is 5.98. The molecule has 0 aliphatic rings. The monoisotopic (exact) mass is 309 g/mol. The van der Waals surface area contributed by atoms with Crippen LogP contribution in [0.25, 0.3) is 6.08 Å². The number of hydrogen-bond acceptors (Lipinski definition) is 2. The summed E-state index contributed by atoms with van der Waals surface area (Å²) in [7, 11) is 1.63. The zero-order valence-corrected chi connectivity index (χ0v) is 13.9. The third-order valence-electron chi connectivity index (χ3n) is 3.77. The van der Waals surface area contributed by atoms with Gasteiger partial charge in [-0.25, -0.2) is 0 Å². The Morgan fingerprint density at radius 3 is 2.35 bits per heavy atom. The van der Waals surface area contributed by atoms with Crippen LogP contribution in [-0.2, 0) is 17.6 Å². The Morgan fingerprint density at radius 1 is 1.09 bits per heavy atom. The van der Waals surface area contributed by atoms with E-state index in [1.54, 1.807) is 19.3 Å². The number of rotatable bonds is 6. The molecule has 0 bridgehead atoms. The Bertz CT molecular complexity index is 682. The minimum atomic E-state index is -0.122. The van der Waals surface area contributed by atoms with Crippen LogP contribution >= 0.6 is 0 Å². The highest BCUT2D eigenvalue weighted by Crippen LogP contribution is 2.22. The van der Waals surface area contributed by atoms with Gasteiger partial charge in [0, 0.05) is 11.8 Å². The van der Waals surface area contributed by atoms with Gasteiger partial charge in [-0.1, -0.05) is 44.2 Å². The van der Waals surface area contributed by atoms with Gasteiger partial charge in [-0.3, -0.25) is 4.79 Å². The zero-order chi connectivity index (χ0) is 16.7. The molecule has 3 heteroatoms. The van der Waals surface area contributed by atoms with Crippen LogP contribution < -0.4 is 10.1 Å². The van der Waals surface area contributed by atoms with Crippen LogP contribution in [0.1, 0.15) is 30.5 Å². The highest BCUT2D eigenvalue weighted by atomic mass is 16.5. The summed E-state index contributed by atoms with van der Waals surface area (Å²) in [5.41, 5.74) is 4.19. The average Bonchev–Trinajstić information content (AvgIpc) is 2.60. The Labute approximate surface area is 138 Å². The summed E-state index contributed by atoms with van der Waals surface area (Å²) in [4.78, 5) is 12.2. The lowest BCUT2D eigenvalue weighted by molar-refractivity contribution is -0.111. The summed E-state index contributed by atoms with van der Waals surface area (Å²) in [6, 6.07) is 13.8. The third-order valence-corrected chi connectivity index (χ3v) is 3.77. The van der Waals surface area contributed by atoms with E-state index in [1.807, 2.05) is 30.3 Å². The van der Waals surface area contributed by atoms with Crippen molar-refractivity contribution >= 4 is 17.7 Å². The van der Waals surface area contributed by atoms with Gasteiger partial charge in [0.25, 0.3) is 0 Å². The second-order valence-corrected chi connectivity index (χ2v) is 5.26. The number of methoxy groups -OCH3 is 1. The summed E-state index contributed by atoms with van der Waals surface area (Å²) in [5, 5.41) is 3.02. The first-order valence-electron chi connectivity index (χ1n) is 7.91. The highest BCUT2D eigenvalue weighted by molar-refractivity contribution is 6.02. The Hall–Kier alpha value is -2.55. The molecule has 0 atom stereocenters. The van der Waals surface area contributed by atoms with Gasteiger partial charge in [-0.15, -0.1) is 0 Å². The molecule has 0 aliphatic carbocycles. The standard InChI is InChI=1S/C20H23NO2/c1-4-16-9-7-10-17(5-2)20(16)21-19(22)13-12-15-8-6-11-18(14-15)23-3/h6-14H,4-5H2,1-3H3,(H,21,22)/b13-12+. The van der Waals surface area contributed by atoms with Crippen LogP contribution in [-0.4, -0.2) is 13.0 Å². The predicted molar refractivity (Wildman–Crippen MR) is 95.9 cm³/mol. The Balaban J connectivity index is 2.14. The number of para-hydroxylation sites is 1. The average molecular weight is 309 g/mol. The number of ether oxygens (including phenoxy) is 1. The molecule has 2 aromatic rings. The summed E-state index contributed by atoms with van der Waals surface area (Å²) in [6.07, 6.45) is 5.13. The van der Waals surface area contributed by atoms with E-state index in [4.69, 9.17) is 4.74 Å². The summed E-state index contributed by atoms with van der Waals surface area (Å²) in [6.45, 7) is 4.19. The molecular weight excluding hydrogens is 286 g/mol. The van der Waals surface area contributed by atoms with E-state index < -0.39 is 0 Å². The molecule has 0 aliphatic heterocycles. The third kappa shape index (κ3) is 4.46. The quantitative estimate of drug-likeness (QED) is 0.799. The SMILES string of the molecule is CCc1cccc(CC)c1NC(=O)/C=C/c1cccc(OC)c1. The van der Waals surface area contributed by atoms with Gasteiger partial charge in [0.15, 0.2) is 0 Å². The van der Waals surface area contributed by atoms with Crippen molar-refractivity contribution in [3.63, 3.8) is 0 Å². The molecule has 0 fully saturated rings. The molecule has 0 radical (unpaired) electrons. The molecule has 0 heterocycles. The van der Waals surface area contributed by atoms with Crippen molar-refractivity contribution in [2.45, 2.75) is 26.7 Å². The van der Waals surface area contributed by atoms with E-state index >= 15 is 0 Å². The molecule has 0 aromatic heterocycles. The van der Waals surface area contributed by atoms with Crippen LogP contribution in [0.4, 0.5) is 5.69 Å². The minimum absolute atomic E-state index is 0.122. The van der Waals surface area contributed by atoms with Gasteiger partial charge < -0.3 is 10.1 Å². The summed E-state index contributed by atoms with van der Waals surface area (Å²) >= 11 is 0. The number of hydrogen-bond donors (Lipinski definition) is 1. The van der Waals surface area contributed by atoms with E-state index in [0.29, 0.717) is 0 Å². The molecule has 0 saturated heterocycles. The normalized spacial score (nSPS) is 10.7. The molecule has 0 saturated carbocycles. The molecule has 0 unspecified atom stereocenters. The number of benzene rings is 2. The van der Waals surface area contributed by atoms with Crippen molar-refractivity contribution in [3.05, 3.63) is 65.2 Å². The van der Waals surface area contributed by atoms with Gasteiger partial charge in [-0.05, 0) is 47.7 Å². The zero-order valence-electron chi connectivity index (χ0n) is 13.9. The van der Waals surface area contributed by atoms with Crippen molar-refractivity contribution in [1.82, 2.24) is 0 Å². The number of carbonyl (C=O) groups is 1. The van der Waals surface area contributed by atoms with Gasteiger partial charge in [0.05, 0.1) is 7.11 Å². The second-order valence-electron chi connectivity index (χ2n) is 5.26. The smallest absolute Gasteiger partial charge is 0.248 e. The second kappa shape index (κ2) is 8.18. The number of carbonyl (C=O) groups excluding carboxylic acids is 1. The number of nitrogens with one attached hydrogen (secondary N) is 1. The first-order valence-corrected chi connectivity index (χ1v) is 7.91. The summed E-state index contributed by atoms with van der Waals surface area (Å²) in [5.74, 6) is 0.653. The lowest BCUT2D eigenvalue weighted by atomic mass is 10.0. The molecule has 2 rings (SSSR count). The molecular formula is C20H23NO2. The van der Waals surface area contributed by atoms with Crippen molar-refractivity contribution in [2.24, 2.45) is 0 Å². The van der Waals surface area contributed by atoms with Gasteiger partial charge in [0.1, 0.15) is 5.75 Å². The maximum atomic E-state index is 12.2. The molecule has 3 nitrogen and oxygen atoms in total. The van der Waals surface area contributed by atoms with E-state index in [9.17, 15) is 4.79 Å². The fraction of sp³-hybridized carbons (Fsp3) is 0.250. The van der Waals surface area contributed by atoms with Crippen LogP contribution in [0.15, 0.2) is 48.5 Å². The minimum Gasteiger partial charge on any atom is -0.497 e. The van der Waals surface area contributed by atoms with Crippen LogP contribution in [0.3, 0.4) is 0 Å².